The molecule has 0 heterocycles. The zero-order valence-electron chi connectivity index (χ0n) is 11.8. The fraction of sp³-hybridized carbons (Fsp3) is 0.571. The average molecular weight is 300 g/mol. The lowest BCUT2D eigenvalue weighted by atomic mass is 9.87. The molecule has 0 bridgehead atoms. The van der Waals surface area contributed by atoms with E-state index in [-0.39, 0.29) is 16.6 Å². The van der Waals surface area contributed by atoms with Crippen LogP contribution < -0.4 is 5.73 Å². The normalized spacial score (nSPS) is 24.0. The fourth-order valence-corrected chi connectivity index (χ4v) is 4.33. The molecule has 1 aromatic carbocycles. The smallest absolute Gasteiger partial charge is 0.245 e. The van der Waals surface area contributed by atoms with Crippen molar-refractivity contribution in [2.24, 2.45) is 5.92 Å². The first-order chi connectivity index (χ1) is 9.32. The second kappa shape index (κ2) is 5.69. The molecular formula is C14H21FN2O2S. The minimum absolute atomic E-state index is 0.00629. The summed E-state index contributed by atoms with van der Waals surface area (Å²) in [5.41, 5.74) is 5.62. The van der Waals surface area contributed by atoms with Crippen molar-refractivity contribution < 1.29 is 12.8 Å². The number of nitrogens with zero attached hydrogens (tertiary/aromatic N) is 1. The lowest BCUT2D eigenvalue weighted by molar-refractivity contribution is 0.239. The van der Waals surface area contributed by atoms with Gasteiger partial charge in [0.25, 0.3) is 0 Å². The highest BCUT2D eigenvalue weighted by atomic mass is 32.2. The maximum Gasteiger partial charge on any atom is 0.245 e. The number of nitrogen functional groups attached to an aromatic ring is 1. The van der Waals surface area contributed by atoms with Gasteiger partial charge in [-0.25, -0.2) is 12.8 Å². The molecular weight excluding hydrogens is 279 g/mol. The van der Waals surface area contributed by atoms with Gasteiger partial charge in [0.05, 0.1) is 5.69 Å². The van der Waals surface area contributed by atoms with Gasteiger partial charge in [-0.3, -0.25) is 0 Å². The molecule has 2 rings (SSSR count). The van der Waals surface area contributed by atoms with Gasteiger partial charge < -0.3 is 5.73 Å². The van der Waals surface area contributed by atoms with Crippen molar-refractivity contribution in [3.05, 3.63) is 24.0 Å². The summed E-state index contributed by atoms with van der Waals surface area (Å²) in [6.07, 6.45) is 3.89. The molecule has 1 aliphatic carbocycles. The van der Waals surface area contributed by atoms with Crippen molar-refractivity contribution in [3.63, 3.8) is 0 Å². The quantitative estimate of drug-likeness (QED) is 0.873. The molecule has 0 aromatic heterocycles. The van der Waals surface area contributed by atoms with Crippen molar-refractivity contribution in [1.82, 2.24) is 4.31 Å². The first kappa shape index (κ1) is 15.3. The number of rotatable bonds is 3. The highest BCUT2D eigenvalue weighted by Crippen LogP contribution is 2.31. The number of anilines is 1. The van der Waals surface area contributed by atoms with Crippen LogP contribution in [0.2, 0.25) is 0 Å². The van der Waals surface area contributed by atoms with Crippen molar-refractivity contribution >= 4 is 15.7 Å². The van der Waals surface area contributed by atoms with Gasteiger partial charge in [-0.15, -0.1) is 0 Å². The van der Waals surface area contributed by atoms with Crippen LogP contribution in [0.15, 0.2) is 23.1 Å². The zero-order valence-corrected chi connectivity index (χ0v) is 12.7. The number of halogens is 1. The molecule has 6 heteroatoms. The van der Waals surface area contributed by atoms with Crippen LogP contribution in [0.4, 0.5) is 10.1 Å². The van der Waals surface area contributed by atoms with E-state index in [2.05, 4.69) is 6.92 Å². The summed E-state index contributed by atoms with van der Waals surface area (Å²) >= 11 is 0. The van der Waals surface area contributed by atoms with Crippen LogP contribution in [-0.2, 0) is 10.0 Å². The van der Waals surface area contributed by atoms with Gasteiger partial charge in [0, 0.05) is 13.1 Å². The SMILES string of the molecule is CC1CCCC(N(C)S(=O)(=O)c2ccc(F)cc2N)C1. The van der Waals surface area contributed by atoms with Crippen LogP contribution in [0.5, 0.6) is 0 Å². The van der Waals surface area contributed by atoms with Gasteiger partial charge in [0.2, 0.25) is 10.0 Å². The third-order valence-corrected chi connectivity index (χ3v) is 6.04. The zero-order chi connectivity index (χ0) is 14.9. The van der Waals surface area contributed by atoms with Crippen molar-refractivity contribution in [2.75, 3.05) is 12.8 Å². The number of benzene rings is 1. The number of hydrogen-bond donors (Lipinski definition) is 1. The maximum absolute atomic E-state index is 13.1. The van der Waals surface area contributed by atoms with Gasteiger partial charge in [0.1, 0.15) is 10.7 Å². The Hall–Kier alpha value is -1.14. The summed E-state index contributed by atoms with van der Waals surface area (Å²) in [4.78, 5) is -0.0142. The van der Waals surface area contributed by atoms with Crippen LogP contribution in [0.1, 0.15) is 32.6 Å². The number of sulfonamides is 1. The van der Waals surface area contributed by atoms with E-state index in [1.54, 1.807) is 7.05 Å². The third kappa shape index (κ3) is 2.96. The minimum atomic E-state index is -3.67. The number of nitrogens with two attached hydrogens (primary N) is 1. The average Bonchev–Trinajstić information content (AvgIpc) is 2.37. The summed E-state index contributed by atoms with van der Waals surface area (Å²) in [5, 5.41) is 0. The van der Waals surface area contributed by atoms with Crippen LogP contribution in [0, 0.1) is 11.7 Å². The second-order valence-electron chi connectivity index (χ2n) is 5.63. The summed E-state index contributed by atoms with van der Waals surface area (Å²) in [6.45, 7) is 2.14. The first-order valence-electron chi connectivity index (χ1n) is 6.85. The Bertz CT molecular complexity index is 589. The molecule has 20 heavy (non-hydrogen) atoms. The Balaban J connectivity index is 2.29. The Morgan fingerprint density at radius 1 is 1.35 bits per heavy atom. The summed E-state index contributed by atoms with van der Waals surface area (Å²) in [6, 6.07) is 3.40. The van der Waals surface area contributed by atoms with Crippen LogP contribution in [0.25, 0.3) is 0 Å². The second-order valence-corrected chi connectivity index (χ2v) is 7.59. The molecule has 0 radical (unpaired) electrons. The molecule has 2 N–H and O–H groups in total. The molecule has 2 atom stereocenters. The Morgan fingerprint density at radius 2 is 2.05 bits per heavy atom. The molecule has 0 spiro atoms. The monoisotopic (exact) mass is 300 g/mol. The molecule has 1 aliphatic rings. The maximum atomic E-state index is 13.1. The molecule has 0 aliphatic heterocycles. The van der Waals surface area contributed by atoms with E-state index < -0.39 is 15.8 Å². The van der Waals surface area contributed by atoms with E-state index in [1.165, 1.54) is 10.4 Å². The fourth-order valence-electron chi connectivity index (χ4n) is 2.84. The lowest BCUT2D eigenvalue weighted by Crippen LogP contribution is -2.40. The van der Waals surface area contributed by atoms with Crippen LogP contribution >= 0.6 is 0 Å². The summed E-state index contributed by atoms with van der Waals surface area (Å²) in [7, 11) is -2.08. The lowest BCUT2D eigenvalue weighted by Gasteiger charge is -2.33. The summed E-state index contributed by atoms with van der Waals surface area (Å²) in [5.74, 6) is -0.00708. The molecule has 1 fully saturated rings. The van der Waals surface area contributed by atoms with E-state index in [0.717, 1.165) is 37.8 Å². The van der Waals surface area contributed by atoms with Gasteiger partial charge in [-0.1, -0.05) is 19.8 Å². The predicted molar refractivity (Wildman–Crippen MR) is 77.2 cm³/mol. The van der Waals surface area contributed by atoms with Gasteiger partial charge in [-0.05, 0) is 37.0 Å². The van der Waals surface area contributed by atoms with Crippen LogP contribution in [0.3, 0.4) is 0 Å². The molecule has 1 saturated carbocycles. The van der Waals surface area contributed by atoms with Crippen molar-refractivity contribution in [2.45, 2.75) is 43.5 Å². The van der Waals surface area contributed by atoms with E-state index in [1.807, 2.05) is 0 Å². The van der Waals surface area contributed by atoms with Gasteiger partial charge in [0.15, 0.2) is 0 Å². The molecule has 0 amide bonds. The third-order valence-electron chi connectivity index (χ3n) is 4.05. The van der Waals surface area contributed by atoms with E-state index in [9.17, 15) is 12.8 Å². The largest absolute Gasteiger partial charge is 0.398 e. The topological polar surface area (TPSA) is 63.4 Å². The van der Waals surface area contributed by atoms with Crippen molar-refractivity contribution in [1.29, 1.82) is 0 Å². The Morgan fingerprint density at radius 3 is 2.65 bits per heavy atom. The van der Waals surface area contributed by atoms with Crippen LogP contribution in [-0.4, -0.2) is 25.8 Å². The molecule has 1 aromatic rings. The molecule has 4 nitrogen and oxygen atoms in total. The van der Waals surface area contributed by atoms with Gasteiger partial charge in [-0.2, -0.15) is 4.31 Å². The van der Waals surface area contributed by atoms with Gasteiger partial charge >= 0.3 is 0 Å². The van der Waals surface area contributed by atoms with E-state index in [4.69, 9.17) is 5.73 Å². The highest BCUT2D eigenvalue weighted by Gasteiger charge is 2.32. The Kier molecular flexibility index (Phi) is 4.34. The van der Waals surface area contributed by atoms with E-state index >= 15 is 0 Å². The first-order valence-corrected chi connectivity index (χ1v) is 8.29. The summed E-state index contributed by atoms with van der Waals surface area (Å²) < 4.78 is 39.6. The molecule has 0 saturated heterocycles. The Labute approximate surface area is 119 Å². The van der Waals surface area contributed by atoms with E-state index in [0.29, 0.717) is 5.92 Å². The number of hydrogen-bond acceptors (Lipinski definition) is 3. The molecule has 2 unspecified atom stereocenters. The predicted octanol–water partition coefficient (Wildman–Crippen LogP) is 2.61. The standard InChI is InChI=1S/C14H21FN2O2S/c1-10-4-3-5-12(8-10)17(2)20(18,19)14-7-6-11(15)9-13(14)16/h6-7,9-10,12H,3-5,8,16H2,1-2H3. The minimum Gasteiger partial charge on any atom is -0.398 e. The van der Waals surface area contributed by atoms with Crippen molar-refractivity contribution in [3.8, 4) is 0 Å². The highest BCUT2D eigenvalue weighted by molar-refractivity contribution is 7.89. The molecule has 112 valence electrons.